The molecular weight excluding hydrogens is 376 g/mol. The number of ether oxygens (including phenoxy) is 3. The number of hydrogen-bond donors (Lipinski definition) is 0. The minimum absolute atomic E-state index is 0.0496. The molecule has 0 spiro atoms. The zero-order valence-corrected chi connectivity index (χ0v) is 18.0. The lowest BCUT2D eigenvalue weighted by molar-refractivity contribution is 0.0978. The molecule has 3 aromatic rings. The first-order chi connectivity index (χ1) is 14.5. The summed E-state index contributed by atoms with van der Waals surface area (Å²) in [7, 11) is 3.28. The first kappa shape index (κ1) is 21.4. The number of carbonyl (C=O) groups is 1. The van der Waals surface area contributed by atoms with Crippen molar-refractivity contribution in [2.45, 2.75) is 33.3 Å². The molecule has 0 atom stereocenters. The van der Waals surface area contributed by atoms with Crippen molar-refractivity contribution in [3.8, 4) is 17.2 Å². The van der Waals surface area contributed by atoms with Crippen LogP contribution in [0.2, 0.25) is 0 Å². The molecule has 0 saturated carbocycles. The average molecular weight is 405 g/mol. The number of hydrogen-bond acceptors (Lipinski definition) is 4. The number of ketones is 1. The Labute approximate surface area is 178 Å². The number of Topliss-reactive ketones (excluding diaryl/α,β-unsaturated/α-hetero) is 1. The van der Waals surface area contributed by atoms with Crippen molar-refractivity contribution in [3.05, 3.63) is 88.5 Å². The standard InChI is InChI=1S/C26H28O4/c1-18-10-13-22(25(16-18)30-17-20-8-6-5-7-9-20)23(27)14-11-21-12-15-24(28-3)19(2)26(21)29-4/h5-10,12-13,15-16H,11,14,17H2,1-4H3. The van der Waals surface area contributed by atoms with Crippen LogP contribution >= 0.6 is 0 Å². The second kappa shape index (κ2) is 9.97. The van der Waals surface area contributed by atoms with E-state index < -0.39 is 0 Å². The first-order valence-corrected chi connectivity index (χ1v) is 10.0. The van der Waals surface area contributed by atoms with Gasteiger partial charge in [-0.25, -0.2) is 0 Å². The highest BCUT2D eigenvalue weighted by atomic mass is 16.5. The molecule has 4 nitrogen and oxygen atoms in total. The van der Waals surface area contributed by atoms with Gasteiger partial charge in [0.05, 0.1) is 19.8 Å². The van der Waals surface area contributed by atoms with Crippen LogP contribution in [0.25, 0.3) is 0 Å². The maximum atomic E-state index is 13.0. The molecule has 3 rings (SSSR count). The van der Waals surface area contributed by atoms with Gasteiger partial charge in [0.1, 0.15) is 23.9 Å². The van der Waals surface area contributed by atoms with Crippen molar-refractivity contribution in [1.82, 2.24) is 0 Å². The topological polar surface area (TPSA) is 44.8 Å². The smallest absolute Gasteiger partial charge is 0.166 e. The van der Waals surface area contributed by atoms with E-state index in [1.54, 1.807) is 14.2 Å². The normalized spacial score (nSPS) is 10.5. The number of rotatable bonds is 9. The fraction of sp³-hybridized carbons (Fsp3) is 0.269. The Morgan fingerprint density at radius 2 is 1.63 bits per heavy atom. The van der Waals surface area contributed by atoms with Crippen LogP contribution in [-0.2, 0) is 13.0 Å². The number of aryl methyl sites for hydroxylation is 2. The lowest BCUT2D eigenvalue weighted by Gasteiger charge is -2.15. The summed E-state index contributed by atoms with van der Waals surface area (Å²) in [5, 5.41) is 0. The second-order valence-electron chi connectivity index (χ2n) is 7.28. The maximum absolute atomic E-state index is 13.0. The number of methoxy groups -OCH3 is 2. The Kier molecular flexibility index (Phi) is 7.12. The molecule has 0 amide bonds. The molecule has 0 radical (unpaired) electrons. The summed E-state index contributed by atoms with van der Waals surface area (Å²) in [6, 6.07) is 19.5. The van der Waals surface area contributed by atoms with Gasteiger partial charge in [-0.3, -0.25) is 4.79 Å². The van der Waals surface area contributed by atoms with Gasteiger partial charge in [0.25, 0.3) is 0 Å². The Bertz CT molecular complexity index is 1010. The summed E-state index contributed by atoms with van der Waals surface area (Å²) in [5.74, 6) is 2.22. The molecule has 4 heteroatoms. The fourth-order valence-electron chi connectivity index (χ4n) is 3.53. The first-order valence-electron chi connectivity index (χ1n) is 10.0. The number of carbonyl (C=O) groups excluding carboxylic acids is 1. The molecular formula is C26H28O4. The fourth-order valence-corrected chi connectivity index (χ4v) is 3.53. The highest BCUT2D eigenvalue weighted by Gasteiger charge is 2.16. The van der Waals surface area contributed by atoms with E-state index in [9.17, 15) is 4.79 Å². The molecule has 0 aliphatic rings. The van der Waals surface area contributed by atoms with E-state index >= 15 is 0 Å². The second-order valence-corrected chi connectivity index (χ2v) is 7.28. The molecule has 0 unspecified atom stereocenters. The van der Waals surface area contributed by atoms with E-state index in [-0.39, 0.29) is 5.78 Å². The van der Waals surface area contributed by atoms with Crippen LogP contribution in [-0.4, -0.2) is 20.0 Å². The van der Waals surface area contributed by atoms with E-state index in [1.165, 1.54) is 0 Å². The van der Waals surface area contributed by atoms with Crippen LogP contribution in [0.3, 0.4) is 0 Å². The third-order valence-electron chi connectivity index (χ3n) is 5.16. The molecule has 156 valence electrons. The highest BCUT2D eigenvalue weighted by molar-refractivity contribution is 5.98. The minimum Gasteiger partial charge on any atom is -0.496 e. The molecule has 30 heavy (non-hydrogen) atoms. The predicted octanol–water partition coefficient (Wildman–Crippen LogP) is 5.72. The van der Waals surface area contributed by atoms with Crippen molar-refractivity contribution in [3.63, 3.8) is 0 Å². The third kappa shape index (κ3) is 5.01. The van der Waals surface area contributed by atoms with Crippen LogP contribution in [0.4, 0.5) is 0 Å². The van der Waals surface area contributed by atoms with Gasteiger partial charge in [0.15, 0.2) is 5.78 Å². The molecule has 0 heterocycles. The zero-order valence-electron chi connectivity index (χ0n) is 18.0. The molecule has 0 bridgehead atoms. The average Bonchev–Trinajstić information content (AvgIpc) is 2.77. The Balaban J connectivity index is 1.75. The van der Waals surface area contributed by atoms with Gasteiger partial charge in [0.2, 0.25) is 0 Å². The zero-order chi connectivity index (χ0) is 21.5. The SMILES string of the molecule is COc1ccc(CCC(=O)c2ccc(C)cc2OCc2ccccc2)c(OC)c1C. The molecule has 0 N–H and O–H groups in total. The molecule has 0 aliphatic carbocycles. The van der Waals surface area contributed by atoms with Crippen LogP contribution in [0.15, 0.2) is 60.7 Å². The van der Waals surface area contributed by atoms with Crippen LogP contribution in [0.1, 0.15) is 39.0 Å². The monoisotopic (exact) mass is 404 g/mol. The minimum atomic E-state index is 0.0496. The van der Waals surface area contributed by atoms with Crippen molar-refractivity contribution in [2.24, 2.45) is 0 Å². The number of benzene rings is 3. The van der Waals surface area contributed by atoms with Crippen molar-refractivity contribution >= 4 is 5.78 Å². The van der Waals surface area contributed by atoms with Crippen LogP contribution < -0.4 is 14.2 Å². The van der Waals surface area contributed by atoms with Crippen molar-refractivity contribution in [2.75, 3.05) is 14.2 Å². The maximum Gasteiger partial charge on any atom is 0.166 e. The van der Waals surface area contributed by atoms with E-state index in [2.05, 4.69) is 0 Å². The van der Waals surface area contributed by atoms with Gasteiger partial charge in [-0.2, -0.15) is 0 Å². The van der Waals surface area contributed by atoms with E-state index in [1.807, 2.05) is 74.5 Å². The third-order valence-corrected chi connectivity index (χ3v) is 5.16. The highest BCUT2D eigenvalue weighted by Crippen LogP contribution is 2.32. The lowest BCUT2D eigenvalue weighted by Crippen LogP contribution is -2.07. The molecule has 3 aromatic carbocycles. The van der Waals surface area contributed by atoms with E-state index in [0.717, 1.165) is 33.8 Å². The van der Waals surface area contributed by atoms with E-state index in [0.29, 0.717) is 30.8 Å². The summed E-state index contributed by atoms with van der Waals surface area (Å²) in [6.45, 7) is 4.38. The van der Waals surface area contributed by atoms with Gasteiger partial charge >= 0.3 is 0 Å². The molecule has 0 fully saturated rings. The summed E-state index contributed by atoms with van der Waals surface area (Å²) in [5.41, 5.74) is 4.66. The van der Waals surface area contributed by atoms with Gasteiger partial charge in [-0.05, 0) is 55.2 Å². The Morgan fingerprint density at radius 3 is 2.33 bits per heavy atom. The van der Waals surface area contributed by atoms with Crippen LogP contribution in [0.5, 0.6) is 17.2 Å². The molecule has 0 aromatic heterocycles. The van der Waals surface area contributed by atoms with Gasteiger partial charge in [0, 0.05) is 12.0 Å². The summed E-state index contributed by atoms with van der Waals surface area (Å²) in [4.78, 5) is 13.0. The largest absolute Gasteiger partial charge is 0.496 e. The molecule has 0 saturated heterocycles. The van der Waals surface area contributed by atoms with E-state index in [4.69, 9.17) is 14.2 Å². The summed E-state index contributed by atoms with van der Waals surface area (Å²) < 4.78 is 16.9. The van der Waals surface area contributed by atoms with Gasteiger partial charge < -0.3 is 14.2 Å². The van der Waals surface area contributed by atoms with Gasteiger partial charge in [-0.1, -0.05) is 42.5 Å². The van der Waals surface area contributed by atoms with Gasteiger partial charge in [-0.15, -0.1) is 0 Å². The van der Waals surface area contributed by atoms with Crippen LogP contribution in [0, 0.1) is 13.8 Å². The quantitative estimate of drug-likeness (QED) is 0.428. The predicted molar refractivity (Wildman–Crippen MR) is 119 cm³/mol. The lowest BCUT2D eigenvalue weighted by atomic mass is 9.99. The summed E-state index contributed by atoms with van der Waals surface area (Å²) in [6.07, 6.45) is 0.950. The Morgan fingerprint density at radius 1 is 0.867 bits per heavy atom. The Hall–Kier alpha value is -3.27. The van der Waals surface area contributed by atoms with Crippen molar-refractivity contribution < 1.29 is 19.0 Å². The van der Waals surface area contributed by atoms with Crippen molar-refractivity contribution in [1.29, 1.82) is 0 Å². The molecule has 0 aliphatic heterocycles. The summed E-state index contributed by atoms with van der Waals surface area (Å²) >= 11 is 0.